The molecule has 0 aliphatic carbocycles. The first kappa shape index (κ1) is 18.8. The van der Waals surface area contributed by atoms with E-state index < -0.39 is 10.0 Å². The van der Waals surface area contributed by atoms with Crippen LogP contribution in [0.4, 0.5) is 10.1 Å². The highest BCUT2D eigenvalue weighted by atomic mass is 32.2. The first-order valence-electron chi connectivity index (χ1n) is 8.68. The molecule has 0 bridgehead atoms. The molecule has 2 fully saturated rings. The van der Waals surface area contributed by atoms with Crippen LogP contribution < -0.4 is 4.90 Å². The summed E-state index contributed by atoms with van der Waals surface area (Å²) < 4.78 is 39.5. The first-order chi connectivity index (χ1) is 12.4. The van der Waals surface area contributed by atoms with Crippen LogP contribution in [-0.4, -0.2) is 67.9 Å². The highest BCUT2D eigenvalue weighted by molar-refractivity contribution is 7.89. The summed E-state index contributed by atoms with van der Waals surface area (Å²) in [5.41, 5.74) is 0.855. The predicted octanol–water partition coefficient (Wildman–Crippen LogP) is 0.817. The van der Waals surface area contributed by atoms with Crippen molar-refractivity contribution in [1.82, 2.24) is 9.21 Å². The molecule has 7 nitrogen and oxygen atoms in total. The molecule has 9 heteroatoms. The number of anilines is 1. The van der Waals surface area contributed by atoms with E-state index in [1.54, 1.807) is 12.1 Å². The van der Waals surface area contributed by atoms with Crippen molar-refractivity contribution in [2.45, 2.75) is 19.3 Å². The van der Waals surface area contributed by atoms with Gasteiger partial charge in [0.25, 0.3) is 0 Å². The average molecular weight is 383 g/mol. The number of carbonyl (C=O) groups excluding carboxylic acids is 2. The van der Waals surface area contributed by atoms with Gasteiger partial charge in [-0.25, -0.2) is 12.8 Å². The number of piperazine rings is 1. The Labute approximate surface area is 152 Å². The lowest BCUT2D eigenvalue weighted by Gasteiger charge is -2.35. The van der Waals surface area contributed by atoms with E-state index in [0.717, 1.165) is 10.6 Å². The fourth-order valence-corrected chi connectivity index (χ4v) is 4.65. The van der Waals surface area contributed by atoms with Crippen LogP contribution >= 0.6 is 0 Å². The molecule has 0 spiro atoms. The molecular weight excluding hydrogens is 361 g/mol. The number of benzene rings is 1. The molecule has 2 aliphatic rings. The Hall–Kier alpha value is -2.00. The molecule has 142 valence electrons. The molecule has 2 amide bonds. The first-order valence-corrected chi connectivity index (χ1v) is 10.3. The third kappa shape index (κ3) is 4.21. The molecule has 3 rings (SSSR count). The normalized spacial score (nSPS) is 19.9. The number of rotatable bonds is 5. The fourth-order valence-electron chi connectivity index (χ4n) is 3.26. The zero-order chi connectivity index (χ0) is 18.7. The second-order valence-electron chi connectivity index (χ2n) is 6.47. The lowest BCUT2D eigenvalue weighted by atomic mass is 10.1. The molecule has 0 unspecified atom stereocenters. The average Bonchev–Trinajstić information content (AvgIpc) is 2.62. The molecule has 0 radical (unpaired) electrons. The molecule has 0 saturated carbocycles. The maximum Gasteiger partial charge on any atom is 0.229 e. The number of amides is 2. The molecule has 2 heterocycles. The van der Waals surface area contributed by atoms with E-state index in [2.05, 4.69) is 0 Å². The second-order valence-corrected chi connectivity index (χ2v) is 8.56. The van der Waals surface area contributed by atoms with Crippen molar-refractivity contribution in [3.05, 3.63) is 30.1 Å². The van der Waals surface area contributed by atoms with E-state index in [1.165, 1.54) is 16.4 Å². The summed E-state index contributed by atoms with van der Waals surface area (Å²) in [4.78, 5) is 26.6. The van der Waals surface area contributed by atoms with E-state index >= 15 is 0 Å². The van der Waals surface area contributed by atoms with Gasteiger partial charge in [0.05, 0.1) is 5.75 Å². The maximum atomic E-state index is 13.0. The summed E-state index contributed by atoms with van der Waals surface area (Å²) in [6.07, 6.45) is 1.12. The number of piperidine rings is 1. The van der Waals surface area contributed by atoms with Crippen molar-refractivity contribution < 1.29 is 22.4 Å². The lowest BCUT2D eigenvalue weighted by Crippen LogP contribution is -2.51. The highest BCUT2D eigenvalue weighted by Crippen LogP contribution is 2.19. The summed E-state index contributed by atoms with van der Waals surface area (Å²) in [5, 5.41) is 0. The second kappa shape index (κ2) is 7.71. The number of likely N-dealkylation sites (tertiary alicyclic amines) is 1. The number of halogens is 1. The SMILES string of the molecule is O=C1CCCC(=O)N1CCS(=O)(=O)N1CCN(c2ccc(F)cc2)CC1. The van der Waals surface area contributed by atoms with E-state index in [0.29, 0.717) is 45.4 Å². The smallest absolute Gasteiger partial charge is 0.229 e. The summed E-state index contributed by atoms with van der Waals surface area (Å²) in [5.74, 6) is -1.15. The van der Waals surface area contributed by atoms with Crippen molar-refractivity contribution in [2.75, 3.05) is 43.4 Å². The van der Waals surface area contributed by atoms with Crippen molar-refractivity contribution in [3.8, 4) is 0 Å². The van der Waals surface area contributed by atoms with Gasteiger partial charge in [0, 0.05) is 51.3 Å². The monoisotopic (exact) mass is 383 g/mol. The number of hydrogen-bond acceptors (Lipinski definition) is 5. The van der Waals surface area contributed by atoms with Crippen molar-refractivity contribution >= 4 is 27.5 Å². The summed E-state index contributed by atoms with van der Waals surface area (Å²) in [7, 11) is -3.54. The zero-order valence-corrected chi connectivity index (χ0v) is 15.3. The molecule has 2 aliphatic heterocycles. The van der Waals surface area contributed by atoms with Crippen LogP contribution in [0.5, 0.6) is 0 Å². The zero-order valence-electron chi connectivity index (χ0n) is 14.4. The summed E-state index contributed by atoms with van der Waals surface area (Å²) in [6.45, 7) is 1.57. The van der Waals surface area contributed by atoms with Gasteiger partial charge in [0.15, 0.2) is 0 Å². The molecule has 1 aromatic rings. The number of sulfonamides is 1. The van der Waals surface area contributed by atoms with Crippen LogP contribution in [0.1, 0.15) is 19.3 Å². The van der Waals surface area contributed by atoms with Crippen LogP contribution in [-0.2, 0) is 19.6 Å². The van der Waals surface area contributed by atoms with Gasteiger partial charge in [-0.05, 0) is 30.7 Å². The predicted molar refractivity (Wildman–Crippen MR) is 94.5 cm³/mol. The molecule has 26 heavy (non-hydrogen) atoms. The molecular formula is C17H22FN3O4S. The quantitative estimate of drug-likeness (QED) is 0.704. The van der Waals surface area contributed by atoms with E-state index in [9.17, 15) is 22.4 Å². The Bertz CT molecular complexity index is 758. The number of imide groups is 1. The van der Waals surface area contributed by atoms with E-state index in [1.807, 2.05) is 4.90 Å². The Morgan fingerprint density at radius 1 is 0.923 bits per heavy atom. The maximum absolute atomic E-state index is 13.0. The molecule has 1 aromatic carbocycles. The molecule has 0 N–H and O–H groups in total. The van der Waals surface area contributed by atoms with Crippen molar-refractivity contribution in [2.24, 2.45) is 0 Å². The Kier molecular flexibility index (Phi) is 5.57. The topological polar surface area (TPSA) is 78.0 Å². The van der Waals surface area contributed by atoms with Crippen LogP contribution in [0.2, 0.25) is 0 Å². The van der Waals surface area contributed by atoms with Gasteiger partial charge in [-0.3, -0.25) is 14.5 Å². The van der Waals surface area contributed by atoms with Crippen molar-refractivity contribution in [3.63, 3.8) is 0 Å². The highest BCUT2D eigenvalue weighted by Gasteiger charge is 2.31. The van der Waals surface area contributed by atoms with Crippen LogP contribution in [0.3, 0.4) is 0 Å². The van der Waals surface area contributed by atoms with Gasteiger partial charge in [0.2, 0.25) is 21.8 Å². The van der Waals surface area contributed by atoms with Crippen LogP contribution in [0.25, 0.3) is 0 Å². The van der Waals surface area contributed by atoms with Gasteiger partial charge < -0.3 is 4.90 Å². The van der Waals surface area contributed by atoms with Crippen molar-refractivity contribution in [1.29, 1.82) is 0 Å². The van der Waals surface area contributed by atoms with Gasteiger partial charge >= 0.3 is 0 Å². The third-order valence-corrected chi connectivity index (χ3v) is 6.63. The van der Waals surface area contributed by atoms with E-state index in [4.69, 9.17) is 0 Å². The number of carbonyl (C=O) groups is 2. The van der Waals surface area contributed by atoms with Crippen LogP contribution in [0.15, 0.2) is 24.3 Å². The van der Waals surface area contributed by atoms with Gasteiger partial charge in [0.1, 0.15) is 5.82 Å². The largest absolute Gasteiger partial charge is 0.369 e. The molecule has 2 saturated heterocycles. The van der Waals surface area contributed by atoms with Gasteiger partial charge in [-0.1, -0.05) is 0 Å². The summed E-state index contributed by atoms with van der Waals surface area (Å²) in [6, 6.07) is 6.11. The molecule has 0 aromatic heterocycles. The molecule has 0 atom stereocenters. The Morgan fingerprint density at radius 2 is 1.50 bits per heavy atom. The van der Waals surface area contributed by atoms with Gasteiger partial charge in [-0.2, -0.15) is 4.31 Å². The third-order valence-electron chi connectivity index (χ3n) is 4.78. The number of hydrogen-bond donors (Lipinski definition) is 0. The fraction of sp³-hybridized carbons (Fsp3) is 0.529. The minimum Gasteiger partial charge on any atom is -0.369 e. The van der Waals surface area contributed by atoms with Crippen LogP contribution in [0, 0.1) is 5.82 Å². The minimum atomic E-state index is -3.54. The minimum absolute atomic E-state index is 0.0851. The van der Waals surface area contributed by atoms with Gasteiger partial charge in [-0.15, -0.1) is 0 Å². The number of nitrogens with zero attached hydrogens (tertiary/aromatic N) is 3. The van der Waals surface area contributed by atoms with E-state index in [-0.39, 0.29) is 29.9 Å². The summed E-state index contributed by atoms with van der Waals surface area (Å²) >= 11 is 0. The standard InChI is InChI=1S/C17H22FN3O4S/c18-14-4-6-15(7-5-14)19-8-10-20(11-9-19)26(24,25)13-12-21-16(22)2-1-3-17(21)23/h4-7H,1-3,8-13H2. The Balaban J connectivity index is 1.55. The Morgan fingerprint density at radius 3 is 2.08 bits per heavy atom. The lowest BCUT2D eigenvalue weighted by molar-refractivity contribution is -0.147.